The minimum atomic E-state index is 0.00282. The van der Waals surface area contributed by atoms with Crippen molar-refractivity contribution in [2.75, 3.05) is 26.2 Å². The van der Waals surface area contributed by atoms with E-state index in [9.17, 15) is 4.79 Å². The molecule has 0 N–H and O–H groups in total. The molecule has 25 heavy (non-hydrogen) atoms. The molecule has 1 aromatic carbocycles. The zero-order chi connectivity index (χ0) is 17.2. The van der Waals surface area contributed by atoms with Crippen LogP contribution >= 0.6 is 11.6 Å². The molecular formula is C18H21ClN4O2. The van der Waals surface area contributed by atoms with Crippen LogP contribution in [0.5, 0.6) is 5.75 Å². The molecule has 6 nitrogen and oxygen atoms in total. The molecule has 2 fully saturated rings. The fourth-order valence-corrected chi connectivity index (χ4v) is 3.77. The predicted molar refractivity (Wildman–Crippen MR) is 94.8 cm³/mol. The Kier molecular flexibility index (Phi) is 4.63. The van der Waals surface area contributed by atoms with Gasteiger partial charge in [-0.25, -0.2) is 4.68 Å². The Labute approximate surface area is 151 Å². The quantitative estimate of drug-likeness (QED) is 0.840. The molecule has 2 aliphatic heterocycles. The van der Waals surface area contributed by atoms with Gasteiger partial charge in [0, 0.05) is 31.9 Å². The van der Waals surface area contributed by atoms with Gasteiger partial charge < -0.3 is 9.64 Å². The van der Waals surface area contributed by atoms with E-state index in [1.54, 1.807) is 29.1 Å². The van der Waals surface area contributed by atoms with Crippen molar-refractivity contribution in [2.45, 2.75) is 25.6 Å². The molecule has 2 aromatic rings. The number of ether oxygens (including phenoxy) is 1. The Hall–Kier alpha value is -2.05. The molecule has 4 rings (SSSR count). The predicted octanol–water partition coefficient (Wildman–Crippen LogP) is 2.49. The number of carbonyl (C=O) groups excluding carboxylic acids is 1. The molecule has 1 aromatic heterocycles. The number of nitrogens with zero attached hydrogens (tertiary/aromatic N) is 4. The zero-order valence-corrected chi connectivity index (χ0v) is 14.7. The van der Waals surface area contributed by atoms with Gasteiger partial charge in [-0.05, 0) is 37.6 Å². The molecule has 2 saturated heterocycles. The highest BCUT2D eigenvalue weighted by molar-refractivity contribution is 6.32. The van der Waals surface area contributed by atoms with Gasteiger partial charge in [0.2, 0.25) is 0 Å². The van der Waals surface area contributed by atoms with E-state index < -0.39 is 0 Å². The highest BCUT2D eigenvalue weighted by atomic mass is 35.5. The van der Waals surface area contributed by atoms with Crippen molar-refractivity contribution in [3.8, 4) is 5.75 Å². The number of halogens is 1. The number of piperazine rings is 1. The van der Waals surface area contributed by atoms with Gasteiger partial charge in [0.05, 0.1) is 5.02 Å². The van der Waals surface area contributed by atoms with Crippen LogP contribution in [0.1, 0.15) is 23.3 Å². The number of amides is 1. The number of hydrogen-bond acceptors (Lipinski definition) is 4. The number of para-hydroxylation sites is 1. The monoisotopic (exact) mass is 360 g/mol. The van der Waals surface area contributed by atoms with Gasteiger partial charge in [-0.3, -0.25) is 9.69 Å². The minimum absolute atomic E-state index is 0.00282. The van der Waals surface area contributed by atoms with E-state index >= 15 is 0 Å². The van der Waals surface area contributed by atoms with E-state index in [1.807, 2.05) is 17.0 Å². The summed E-state index contributed by atoms with van der Waals surface area (Å²) in [5.74, 6) is 0.605. The van der Waals surface area contributed by atoms with Gasteiger partial charge in [-0.2, -0.15) is 5.10 Å². The fraction of sp³-hybridized carbons (Fsp3) is 0.444. The first kappa shape index (κ1) is 16.4. The summed E-state index contributed by atoms with van der Waals surface area (Å²) in [5.41, 5.74) is 0.467. The first-order valence-corrected chi connectivity index (χ1v) is 9.02. The van der Waals surface area contributed by atoms with Gasteiger partial charge in [-0.1, -0.05) is 23.7 Å². The van der Waals surface area contributed by atoms with Gasteiger partial charge >= 0.3 is 0 Å². The summed E-state index contributed by atoms with van der Waals surface area (Å²) in [6, 6.07) is 9.56. The highest BCUT2D eigenvalue weighted by Gasteiger charge is 2.33. The second-order valence-corrected chi connectivity index (χ2v) is 6.93. The summed E-state index contributed by atoms with van der Waals surface area (Å²) in [5, 5.41) is 4.92. The average molecular weight is 361 g/mol. The van der Waals surface area contributed by atoms with Crippen LogP contribution in [0.25, 0.3) is 0 Å². The molecule has 0 spiro atoms. The maximum atomic E-state index is 12.7. The van der Waals surface area contributed by atoms with E-state index in [1.165, 1.54) is 19.4 Å². The topological polar surface area (TPSA) is 50.6 Å². The van der Waals surface area contributed by atoms with E-state index in [-0.39, 0.29) is 12.6 Å². The lowest BCUT2D eigenvalue weighted by Crippen LogP contribution is -2.52. The largest absolute Gasteiger partial charge is 0.470 e. The summed E-state index contributed by atoms with van der Waals surface area (Å²) >= 11 is 6.07. The van der Waals surface area contributed by atoms with E-state index in [0.29, 0.717) is 22.5 Å². The van der Waals surface area contributed by atoms with Crippen LogP contribution in [0.4, 0.5) is 0 Å². The summed E-state index contributed by atoms with van der Waals surface area (Å²) in [6.45, 7) is 3.93. The molecule has 1 amide bonds. The Bertz CT molecular complexity index is 763. The maximum Gasteiger partial charge on any atom is 0.274 e. The first-order valence-electron chi connectivity index (χ1n) is 8.65. The molecule has 0 bridgehead atoms. The number of benzene rings is 1. The number of rotatable bonds is 4. The number of hydrogen-bond donors (Lipinski definition) is 0. The Morgan fingerprint density at radius 1 is 1.24 bits per heavy atom. The van der Waals surface area contributed by atoms with Gasteiger partial charge in [0.25, 0.3) is 5.91 Å². The van der Waals surface area contributed by atoms with Gasteiger partial charge in [-0.15, -0.1) is 0 Å². The standard InChI is InChI=1S/C18H21ClN4O2/c19-15-5-1-2-6-17(15)25-13-23-9-7-16(20-23)18(24)22-11-10-21-8-3-4-14(21)12-22/h1-2,5-7,9,14H,3-4,8,10-13H2. The third kappa shape index (κ3) is 3.50. The Morgan fingerprint density at radius 3 is 3.00 bits per heavy atom. The fourth-order valence-electron chi connectivity index (χ4n) is 3.58. The lowest BCUT2D eigenvalue weighted by Gasteiger charge is -2.37. The maximum absolute atomic E-state index is 12.7. The SMILES string of the molecule is O=C(c1ccn(COc2ccccc2Cl)n1)N1CCN2CCCC2C1. The van der Waals surface area contributed by atoms with Crippen LogP contribution < -0.4 is 4.74 Å². The molecule has 7 heteroatoms. The first-order chi connectivity index (χ1) is 12.2. The third-order valence-corrected chi connectivity index (χ3v) is 5.24. The molecule has 132 valence electrons. The van der Waals surface area contributed by atoms with Crippen LogP contribution in [0.15, 0.2) is 36.5 Å². The van der Waals surface area contributed by atoms with E-state index in [0.717, 1.165) is 19.6 Å². The summed E-state index contributed by atoms with van der Waals surface area (Å²) in [4.78, 5) is 17.1. The van der Waals surface area contributed by atoms with Crippen molar-refractivity contribution in [2.24, 2.45) is 0 Å². The van der Waals surface area contributed by atoms with E-state index in [4.69, 9.17) is 16.3 Å². The van der Waals surface area contributed by atoms with Crippen LogP contribution in [0.3, 0.4) is 0 Å². The van der Waals surface area contributed by atoms with Crippen LogP contribution in [0.2, 0.25) is 5.02 Å². The van der Waals surface area contributed by atoms with Crippen molar-refractivity contribution < 1.29 is 9.53 Å². The summed E-state index contributed by atoms with van der Waals surface area (Å²) in [7, 11) is 0. The lowest BCUT2D eigenvalue weighted by molar-refractivity contribution is 0.0564. The molecule has 2 aliphatic rings. The van der Waals surface area contributed by atoms with Crippen LogP contribution in [-0.2, 0) is 6.73 Å². The molecule has 1 atom stereocenters. The molecular weight excluding hydrogens is 340 g/mol. The van der Waals surface area contributed by atoms with Crippen LogP contribution in [-0.4, -0.2) is 57.7 Å². The minimum Gasteiger partial charge on any atom is -0.470 e. The summed E-state index contributed by atoms with van der Waals surface area (Å²) in [6.07, 6.45) is 4.18. The zero-order valence-electron chi connectivity index (χ0n) is 14.0. The van der Waals surface area contributed by atoms with E-state index in [2.05, 4.69) is 10.00 Å². The normalized spacial score (nSPS) is 20.5. The average Bonchev–Trinajstić information content (AvgIpc) is 3.29. The highest BCUT2D eigenvalue weighted by Crippen LogP contribution is 2.24. The van der Waals surface area contributed by atoms with Gasteiger partial charge in [0.15, 0.2) is 12.4 Å². The van der Waals surface area contributed by atoms with Crippen molar-refractivity contribution in [1.29, 1.82) is 0 Å². The van der Waals surface area contributed by atoms with Crippen molar-refractivity contribution >= 4 is 17.5 Å². The molecule has 0 aliphatic carbocycles. The molecule has 0 radical (unpaired) electrons. The Morgan fingerprint density at radius 2 is 2.12 bits per heavy atom. The Balaban J connectivity index is 1.37. The second-order valence-electron chi connectivity index (χ2n) is 6.53. The number of fused-ring (bicyclic) bond motifs is 1. The van der Waals surface area contributed by atoms with Crippen LogP contribution in [0, 0.1) is 0 Å². The number of carbonyl (C=O) groups is 1. The molecule has 1 unspecified atom stereocenters. The second kappa shape index (κ2) is 7.06. The lowest BCUT2D eigenvalue weighted by atomic mass is 10.1. The van der Waals surface area contributed by atoms with Crippen molar-refractivity contribution in [1.82, 2.24) is 19.6 Å². The molecule has 0 saturated carbocycles. The van der Waals surface area contributed by atoms with Crippen molar-refractivity contribution in [3.05, 3.63) is 47.2 Å². The van der Waals surface area contributed by atoms with Gasteiger partial charge in [0.1, 0.15) is 5.75 Å². The number of aromatic nitrogens is 2. The third-order valence-electron chi connectivity index (χ3n) is 4.92. The van der Waals surface area contributed by atoms with Crippen molar-refractivity contribution in [3.63, 3.8) is 0 Å². The summed E-state index contributed by atoms with van der Waals surface area (Å²) < 4.78 is 7.27. The molecule has 3 heterocycles. The smallest absolute Gasteiger partial charge is 0.274 e.